The zero-order chi connectivity index (χ0) is 21.1. The summed E-state index contributed by atoms with van der Waals surface area (Å²) in [7, 11) is -2.31. The molecule has 152 valence electrons. The number of aryl methyl sites for hydroxylation is 1. The molecule has 0 heterocycles. The molecule has 2 aromatic carbocycles. The minimum Gasteiger partial charge on any atom is -0.495 e. The molecular weight excluding hydrogens is 423 g/mol. The number of anilines is 2. The van der Waals surface area contributed by atoms with Crippen LogP contribution < -0.4 is 14.4 Å². The van der Waals surface area contributed by atoms with Crippen LogP contribution in [0.4, 0.5) is 11.4 Å². The van der Waals surface area contributed by atoms with Gasteiger partial charge in [-0.2, -0.15) is 0 Å². The van der Waals surface area contributed by atoms with E-state index < -0.39 is 22.0 Å². The van der Waals surface area contributed by atoms with Crippen molar-refractivity contribution < 1.29 is 17.9 Å². The molecule has 0 saturated carbocycles. The van der Waals surface area contributed by atoms with Gasteiger partial charge in [-0.3, -0.25) is 9.10 Å². The fraction of sp³-hybridized carbons (Fsp3) is 0.316. The lowest BCUT2D eigenvalue weighted by Gasteiger charge is -2.31. The smallest absolute Gasteiger partial charge is 0.248 e. The molecule has 2 aromatic rings. The second kappa shape index (κ2) is 9.03. The molecule has 0 saturated heterocycles. The third kappa shape index (κ3) is 5.10. The first-order valence-corrected chi connectivity index (χ1v) is 11.1. The Balaban J connectivity index is 2.48. The van der Waals surface area contributed by atoms with Crippen molar-refractivity contribution in [3.05, 3.63) is 52.0 Å². The number of amides is 1. The first-order valence-electron chi connectivity index (χ1n) is 8.48. The summed E-state index contributed by atoms with van der Waals surface area (Å²) in [6.07, 6.45) is 1.30. The molecule has 0 bridgehead atoms. The molecule has 28 heavy (non-hydrogen) atoms. The molecule has 2 rings (SSSR count). The van der Waals surface area contributed by atoms with Gasteiger partial charge in [0.2, 0.25) is 15.9 Å². The van der Waals surface area contributed by atoms with Gasteiger partial charge >= 0.3 is 0 Å². The molecule has 0 spiro atoms. The number of methoxy groups -OCH3 is 1. The largest absolute Gasteiger partial charge is 0.495 e. The van der Waals surface area contributed by atoms with Crippen LogP contribution in [0.5, 0.6) is 5.75 Å². The number of benzene rings is 2. The lowest BCUT2D eigenvalue weighted by Crippen LogP contribution is -2.47. The molecule has 1 N–H and O–H groups in total. The van der Waals surface area contributed by atoms with E-state index in [0.717, 1.165) is 10.6 Å². The molecule has 0 aliphatic heterocycles. The van der Waals surface area contributed by atoms with Gasteiger partial charge in [0.25, 0.3) is 0 Å². The van der Waals surface area contributed by atoms with Gasteiger partial charge in [0.15, 0.2) is 0 Å². The third-order valence-electron chi connectivity index (χ3n) is 4.16. The van der Waals surface area contributed by atoms with Crippen LogP contribution >= 0.6 is 23.2 Å². The van der Waals surface area contributed by atoms with E-state index in [1.54, 1.807) is 44.2 Å². The maximum absolute atomic E-state index is 13.0. The molecule has 0 aliphatic carbocycles. The van der Waals surface area contributed by atoms with Crippen molar-refractivity contribution in [1.29, 1.82) is 0 Å². The quantitative estimate of drug-likeness (QED) is 0.681. The van der Waals surface area contributed by atoms with E-state index in [9.17, 15) is 13.2 Å². The van der Waals surface area contributed by atoms with Crippen molar-refractivity contribution in [2.24, 2.45) is 0 Å². The summed E-state index contributed by atoms with van der Waals surface area (Å²) < 4.78 is 31.5. The predicted octanol–water partition coefficient (Wildman–Crippen LogP) is 4.49. The minimum atomic E-state index is -3.77. The van der Waals surface area contributed by atoms with Crippen LogP contribution in [0, 0.1) is 6.92 Å². The third-order valence-corrected chi connectivity index (χ3v) is 5.79. The van der Waals surface area contributed by atoms with Crippen LogP contribution in [-0.2, 0) is 14.8 Å². The van der Waals surface area contributed by atoms with Gasteiger partial charge in [-0.25, -0.2) is 8.42 Å². The standard InChI is InChI=1S/C19H22Cl2N2O4S/c1-5-16(19(24)22-15-10-13(20)8-9-18(15)27-3)23(28(4,25)26)17-11-14(21)7-6-12(17)2/h6-11,16H,5H2,1-4H3,(H,22,24)/t16-/m0/s1. The molecule has 1 amide bonds. The molecule has 9 heteroatoms. The molecule has 0 aromatic heterocycles. The Hall–Kier alpha value is -1.96. The first kappa shape index (κ1) is 22.3. The number of ether oxygens (including phenoxy) is 1. The summed E-state index contributed by atoms with van der Waals surface area (Å²) in [6.45, 7) is 3.49. The van der Waals surface area contributed by atoms with Crippen LogP contribution in [0.3, 0.4) is 0 Å². The second-order valence-electron chi connectivity index (χ2n) is 6.25. The molecule has 1 atom stereocenters. The normalized spacial score (nSPS) is 12.4. The monoisotopic (exact) mass is 444 g/mol. The lowest BCUT2D eigenvalue weighted by molar-refractivity contribution is -0.117. The number of rotatable bonds is 7. The summed E-state index contributed by atoms with van der Waals surface area (Å²) in [5.41, 5.74) is 1.39. The van der Waals surface area contributed by atoms with Crippen molar-refractivity contribution in [3.63, 3.8) is 0 Å². The van der Waals surface area contributed by atoms with Gasteiger partial charge in [0, 0.05) is 10.0 Å². The average molecular weight is 445 g/mol. The Bertz CT molecular complexity index is 980. The summed E-state index contributed by atoms with van der Waals surface area (Å²) in [5, 5.41) is 3.51. The van der Waals surface area contributed by atoms with Crippen molar-refractivity contribution >= 4 is 50.5 Å². The average Bonchev–Trinajstić information content (AvgIpc) is 2.61. The minimum absolute atomic E-state index is 0.244. The van der Waals surface area contributed by atoms with Gasteiger partial charge in [0.05, 0.1) is 24.7 Å². The van der Waals surface area contributed by atoms with E-state index in [1.807, 2.05) is 0 Å². The highest BCUT2D eigenvalue weighted by Crippen LogP contribution is 2.31. The molecular formula is C19H22Cl2N2O4S. The Morgan fingerprint density at radius 2 is 1.79 bits per heavy atom. The summed E-state index contributed by atoms with van der Waals surface area (Å²) in [4.78, 5) is 13.0. The van der Waals surface area contributed by atoms with Crippen LogP contribution in [0.25, 0.3) is 0 Å². The number of halogens is 2. The van der Waals surface area contributed by atoms with E-state index in [4.69, 9.17) is 27.9 Å². The van der Waals surface area contributed by atoms with E-state index in [-0.39, 0.29) is 6.42 Å². The highest BCUT2D eigenvalue weighted by atomic mass is 35.5. The summed E-state index contributed by atoms with van der Waals surface area (Å²) in [6, 6.07) is 8.71. The Kier molecular flexibility index (Phi) is 7.20. The van der Waals surface area contributed by atoms with Gasteiger partial charge in [-0.1, -0.05) is 36.2 Å². The van der Waals surface area contributed by atoms with Crippen molar-refractivity contribution in [2.75, 3.05) is 23.0 Å². The fourth-order valence-electron chi connectivity index (χ4n) is 2.85. The predicted molar refractivity (Wildman–Crippen MR) is 114 cm³/mol. The topological polar surface area (TPSA) is 75.7 Å². The number of hydrogen-bond acceptors (Lipinski definition) is 4. The zero-order valence-corrected chi connectivity index (χ0v) is 18.3. The molecule has 0 unspecified atom stereocenters. The maximum atomic E-state index is 13.0. The molecule has 6 nitrogen and oxygen atoms in total. The number of carbonyl (C=O) groups is 1. The lowest BCUT2D eigenvalue weighted by atomic mass is 10.1. The fourth-order valence-corrected chi connectivity index (χ4v) is 4.45. The SMILES string of the molecule is CC[C@@H](C(=O)Nc1cc(Cl)ccc1OC)N(c1cc(Cl)ccc1C)S(C)(=O)=O. The Labute approximate surface area is 175 Å². The zero-order valence-electron chi connectivity index (χ0n) is 16.0. The summed E-state index contributed by atoms with van der Waals surface area (Å²) in [5.74, 6) is -0.0923. The van der Waals surface area contributed by atoms with E-state index in [1.165, 1.54) is 13.2 Å². The molecule has 0 radical (unpaired) electrons. The van der Waals surface area contributed by atoms with Gasteiger partial charge < -0.3 is 10.1 Å². The summed E-state index contributed by atoms with van der Waals surface area (Å²) >= 11 is 12.1. The van der Waals surface area contributed by atoms with Crippen LogP contribution in [-0.4, -0.2) is 33.7 Å². The second-order valence-corrected chi connectivity index (χ2v) is 8.98. The number of nitrogens with one attached hydrogen (secondary N) is 1. The van der Waals surface area contributed by atoms with Crippen LogP contribution in [0.15, 0.2) is 36.4 Å². The Morgan fingerprint density at radius 1 is 1.18 bits per heavy atom. The van der Waals surface area contributed by atoms with E-state index in [0.29, 0.717) is 32.7 Å². The molecule has 0 fully saturated rings. The number of carbonyl (C=O) groups excluding carboxylic acids is 1. The van der Waals surface area contributed by atoms with Gasteiger partial charge in [-0.05, 0) is 49.2 Å². The van der Waals surface area contributed by atoms with E-state index in [2.05, 4.69) is 5.32 Å². The highest BCUT2D eigenvalue weighted by molar-refractivity contribution is 7.92. The van der Waals surface area contributed by atoms with E-state index >= 15 is 0 Å². The van der Waals surface area contributed by atoms with Crippen LogP contribution in [0.2, 0.25) is 10.0 Å². The van der Waals surface area contributed by atoms with Crippen LogP contribution in [0.1, 0.15) is 18.9 Å². The Morgan fingerprint density at radius 3 is 2.36 bits per heavy atom. The number of hydrogen-bond donors (Lipinski definition) is 1. The number of nitrogens with zero attached hydrogens (tertiary/aromatic N) is 1. The van der Waals surface area contributed by atoms with Crippen molar-refractivity contribution in [3.8, 4) is 5.75 Å². The number of sulfonamides is 1. The van der Waals surface area contributed by atoms with Gasteiger partial charge in [0.1, 0.15) is 11.8 Å². The molecule has 0 aliphatic rings. The highest BCUT2D eigenvalue weighted by Gasteiger charge is 2.33. The maximum Gasteiger partial charge on any atom is 0.248 e. The van der Waals surface area contributed by atoms with Gasteiger partial charge in [-0.15, -0.1) is 0 Å². The van der Waals surface area contributed by atoms with Crippen molar-refractivity contribution in [1.82, 2.24) is 0 Å². The van der Waals surface area contributed by atoms with Crippen molar-refractivity contribution in [2.45, 2.75) is 26.3 Å². The first-order chi connectivity index (χ1) is 13.1.